The number of aryl methyl sites for hydroxylation is 1. The molecule has 0 bridgehead atoms. The van der Waals surface area contributed by atoms with E-state index in [1.165, 1.54) is 31.6 Å². The molecule has 1 saturated heterocycles. The first-order valence-electron chi connectivity index (χ1n) is 5.71. The Hall–Kier alpha value is -0.290. The molecule has 2 rings (SSSR count). The summed E-state index contributed by atoms with van der Waals surface area (Å²) in [4.78, 5) is 2.45. The van der Waals surface area contributed by atoms with E-state index in [-0.39, 0.29) is 24.8 Å². The van der Waals surface area contributed by atoms with Crippen LogP contribution in [0.3, 0.4) is 0 Å². The summed E-state index contributed by atoms with van der Waals surface area (Å²) in [5.74, 6) is 0.687. The molecule has 100 valence electrons. The number of nitrogens with two attached hydrogens (primary N) is 1. The third-order valence-electron chi connectivity index (χ3n) is 3.31. The first kappa shape index (κ1) is 16.7. The lowest BCUT2D eigenvalue weighted by Gasteiger charge is -2.31. The number of hydrogen-bond acceptors (Lipinski definition) is 3. The minimum absolute atomic E-state index is 0. The van der Waals surface area contributed by atoms with Gasteiger partial charge in [-0.05, 0) is 32.0 Å². The topological polar surface area (TPSA) is 47.1 Å². The average molecular weight is 281 g/mol. The van der Waals surface area contributed by atoms with E-state index in [1.54, 1.807) is 0 Å². The van der Waals surface area contributed by atoms with Crippen LogP contribution in [0.1, 0.15) is 24.5 Å². The van der Waals surface area contributed by atoms with Gasteiger partial charge in [0.2, 0.25) is 0 Å². The van der Waals surface area contributed by atoms with Crippen molar-refractivity contribution in [1.29, 1.82) is 0 Å². The zero-order valence-corrected chi connectivity index (χ0v) is 11.8. The molecule has 0 spiro atoms. The minimum atomic E-state index is 0. The van der Waals surface area contributed by atoms with E-state index >= 15 is 0 Å². The molecule has 17 heavy (non-hydrogen) atoms. The second-order valence-corrected chi connectivity index (χ2v) is 4.28. The van der Waals surface area contributed by atoms with Crippen LogP contribution in [-0.4, -0.2) is 40.9 Å². The number of hydrogen-bond donors (Lipinski definition) is 1. The van der Waals surface area contributed by atoms with Gasteiger partial charge in [-0.2, -0.15) is 5.10 Å². The van der Waals surface area contributed by atoms with Crippen molar-refractivity contribution in [2.45, 2.75) is 18.8 Å². The molecule has 0 radical (unpaired) electrons. The van der Waals surface area contributed by atoms with Crippen LogP contribution in [0.15, 0.2) is 12.3 Å². The molecule has 1 aromatic rings. The Balaban J connectivity index is 0.00000128. The van der Waals surface area contributed by atoms with E-state index in [0.29, 0.717) is 5.92 Å². The van der Waals surface area contributed by atoms with Crippen molar-refractivity contribution in [2.75, 3.05) is 26.2 Å². The van der Waals surface area contributed by atoms with Crippen molar-refractivity contribution in [1.82, 2.24) is 14.7 Å². The molecule has 4 nitrogen and oxygen atoms in total. The Kier molecular flexibility index (Phi) is 7.79. The third kappa shape index (κ3) is 4.14. The van der Waals surface area contributed by atoms with Crippen molar-refractivity contribution >= 4 is 24.8 Å². The lowest BCUT2D eigenvalue weighted by molar-refractivity contribution is 0.214. The first-order chi connectivity index (χ1) is 7.31. The van der Waals surface area contributed by atoms with Crippen molar-refractivity contribution in [3.05, 3.63) is 18.0 Å². The smallest absolute Gasteiger partial charge is 0.0492 e. The highest BCUT2D eigenvalue weighted by atomic mass is 35.5. The van der Waals surface area contributed by atoms with Crippen molar-refractivity contribution in [2.24, 2.45) is 12.8 Å². The number of piperidine rings is 1. The van der Waals surface area contributed by atoms with Gasteiger partial charge in [-0.3, -0.25) is 4.68 Å². The van der Waals surface area contributed by atoms with Crippen LogP contribution < -0.4 is 5.73 Å². The van der Waals surface area contributed by atoms with Crippen molar-refractivity contribution in [3.63, 3.8) is 0 Å². The quantitative estimate of drug-likeness (QED) is 0.911. The molecule has 0 unspecified atom stereocenters. The number of halogens is 2. The standard InChI is InChI=1S/C11H20N4.2ClH/c1-14-11(2-6-13-14)10-3-7-15(8-4-10)9-5-12;;/h2,6,10H,3-5,7-9,12H2,1H3;2*1H. The lowest BCUT2D eigenvalue weighted by Crippen LogP contribution is -2.36. The lowest BCUT2D eigenvalue weighted by atomic mass is 9.93. The maximum Gasteiger partial charge on any atom is 0.0492 e. The zero-order valence-electron chi connectivity index (χ0n) is 10.2. The summed E-state index contributed by atoms with van der Waals surface area (Å²) in [6.07, 6.45) is 4.36. The van der Waals surface area contributed by atoms with E-state index in [0.717, 1.165) is 13.1 Å². The molecule has 2 N–H and O–H groups in total. The molecular weight excluding hydrogens is 259 g/mol. The predicted octanol–water partition coefficient (Wildman–Crippen LogP) is 1.40. The van der Waals surface area contributed by atoms with E-state index < -0.39 is 0 Å². The second kappa shape index (κ2) is 7.93. The minimum Gasteiger partial charge on any atom is -0.329 e. The molecule has 1 fully saturated rings. The fraction of sp³-hybridized carbons (Fsp3) is 0.727. The number of rotatable bonds is 3. The average Bonchev–Trinajstić information content (AvgIpc) is 2.66. The van der Waals surface area contributed by atoms with Gasteiger partial charge < -0.3 is 10.6 Å². The van der Waals surface area contributed by atoms with Crippen LogP contribution >= 0.6 is 24.8 Å². The third-order valence-corrected chi connectivity index (χ3v) is 3.31. The Morgan fingerprint density at radius 2 is 2.00 bits per heavy atom. The molecule has 0 saturated carbocycles. The summed E-state index contributed by atoms with van der Waals surface area (Å²) in [7, 11) is 2.03. The van der Waals surface area contributed by atoms with Gasteiger partial charge in [0.1, 0.15) is 0 Å². The van der Waals surface area contributed by atoms with Crippen LogP contribution in [0, 0.1) is 0 Å². The van der Waals surface area contributed by atoms with E-state index in [1.807, 2.05) is 17.9 Å². The van der Waals surface area contributed by atoms with Gasteiger partial charge in [-0.25, -0.2) is 0 Å². The van der Waals surface area contributed by atoms with Crippen LogP contribution in [0.2, 0.25) is 0 Å². The molecule has 6 heteroatoms. The fourth-order valence-corrected chi connectivity index (χ4v) is 2.42. The molecule has 0 aliphatic carbocycles. The van der Waals surface area contributed by atoms with Crippen LogP contribution in [0.25, 0.3) is 0 Å². The summed E-state index contributed by atoms with van der Waals surface area (Å²) in [5, 5.41) is 4.23. The maximum absolute atomic E-state index is 5.56. The second-order valence-electron chi connectivity index (χ2n) is 4.28. The zero-order chi connectivity index (χ0) is 10.7. The van der Waals surface area contributed by atoms with Crippen LogP contribution in [0.4, 0.5) is 0 Å². The van der Waals surface area contributed by atoms with Gasteiger partial charge in [0, 0.05) is 37.9 Å². The van der Waals surface area contributed by atoms with Crippen molar-refractivity contribution < 1.29 is 0 Å². The summed E-state index contributed by atoms with van der Waals surface area (Å²) in [6, 6.07) is 2.14. The van der Waals surface area contributed by atoms with Gasteiger partial charge in [-0.15, -0.1) is 24.8 Å². The van der Waals surface area contributed by atoms with Gasteiger partial charge in [0.15, 0.2) is 0 Å². The van der Waals surface area contributed by atoms with Crippen LogP contribution in [-0.2, 0) is 7.05 Å². The van der Waals surface area contributed by atoms with E-state index in [2.05, 4.69) is 16.1 Å². The summed E-state index contributed by atoms with van der Waals surface area (Å²) in [6.45, 7) is 4.16. The molecule has 1 aliphatic rings. The first-order valence-corrected chi connectivity index (χ1v) is 5.71. The summed E-state index contributed by atoms with van der Waals surface area (Å²) in [5.41, 5.74) is 6.93. The Labute approximate surface area is 115 Å². The number of nitrogens with zero attached hydrogens (tertiary/aromatic N) is 3. The number of likely N-dealkylation sites (tertiary alicyclic amines) is 1. The fourth-order valence-electron chi connectivity index (χ4n) is 2.42. The SMILES string of the molecule is Cl.Cl.Cn1nccc1C1CCN(CCN)CC1. The van der Waals surface area contributed by atoms with Gasteiger partial charge in [-0.1, -0.05) is 0 Å². The molecule has 0 amide bonds. The molecule has 2 heterocycles. The van der Waals surface area contributed by atoms with E-state index in [9.17, 15) is 0 Å². The van der Waals surface area contributed by atoms with Crippen molar-refractivity contribution in [3.8, 4) is 0 Å². The number of aromatic nitrogens is 2. The van der Waals surface area contributed by atoms with Gasteiger partial charge in [0.05, 0.1) is 0 Å². The monoisotopic (exact) mass is 280 g/mol. The Morgan fingerprint density at radius 1 is 1.35 bits per heavy atom. The maximum atomic E-state index is 5.56. The molecule has 0 atom stereocenters. The Bertz CT molecular complexity index is 308. The molecule has 1 aliphatic heterocycles. The largest absolute Gasteiger partial charge is 0.329 e. The summed E-state index contributed by atoms with van der Waals surface area (Å²) < 4.78 is 2.00. The Morgan fingerprint density at radius 3 is 2.47 bits per heavy atom. The highest BCUT2D eigenvalue weighted by molar-refractivity contribution is 5.85. The summed E-state index contributed by atoms with van der Waals surface area (Å²) >= 11 is 0. The highest BCUT2D eigenvalue weighted by Gasteiger charge is 2.21. The van der Waals surface area contributed by atoms with Crippen LogP contribution in [0.5, 0.6) is 0 Å². The molecule has 1 aromatic heterocycles. The molecular formula is C11H22Cl2N4. The van der Waals surface area contributed by atoms with Gasteiger partial charge in [0.25, 0.3) is 0 Å². The van der Waals surface area contributed by atoms with E-state index in [4.69, 9.17) is 5.73 Å². The highest BCUT2D eigenvalue weighted by Crippen LogP contribution is 2.26. The predicted molar refractivity (Wildman–Crippen MR) is 75.2 cm³/mol. The molecule has 0 aromatic carbocycles. The van der Waals surface area contributed by atoms with Gasteiger partial charge >= 0.3 is 0 Å². The normalized spacial score (nSPS) is 17.3.